The van der Waals surface area contributed by atoms with Crippen molar-refractivity contribution in [2.45, 2.75) is 6.92 Å². The predicted molar refractivity (Wildman–Crippen MR) is 117 cm³/mol. The fraction of sp³-hybridized carbons (Fsp3) is 0.0909. The van der Waals surface area contributed by atoms with Crippen LogP contribution >= 0.6 is 24.0 Å². The van der Waals surface area contributed by atoms with E-state index in [9.17, 15) is 4.79 Å². The molecule has 1 fully saturated rings. The number of methoxy groups -OCH3 is 1. The summed E-state index contributed by atoms with van der Waals surface area (Å²) in [6, 6.07) is 19.7. The van der Waals surface area contributed by atoms with E-state index in [-0.39, 0.29) is 5.91 Å². The molecule has 3 aromatic carbocycles. The van der Waals surface area contributed by atoms with Crippen LogP contribution in [0.2, 0.25) is 0 Å². The molecule has 134 valence electrons. The van der Waals surface area contributed by atoms with Crippen LogP contribution in [0.4, 0.5) is 5.69 Å². The quantitative estimate of drug-likeness (QED) is 0.432. The Morgan fingerprint density at radius 2 is 1.70 bits per heavy atom. The molecule has 5 heteroatoms. The highest BCUT2D eigenvalue weighted by Crippen LogP contribution is 2.38. The number of benzene rings is 3. The Bertz CT molecular complexity index is 1100. The number of amides is 1. The van der Waals surface area contributed by atoms with E-state index in [1.54, 1.807) is 12.0 Å². The van der Waals surface area contributed by atoms with Crippen molar-refractivity contribution in [3.8, 4) is 5.75 Å². The van der Waals surface area contributed by atoms with Gasteiger partial charge in [-0.05, 0) is 41.6 Å². The third-order valence-electron chi connectivity index (χ3n) is 4.57. The molecule has 0 N–H and O–H groups in total. The number of anilines is 1. The second-order valence-electron chi connectivity index (χ2n) is 6.21. The van der Waals surface area contributed by atoms with E-state index in [0.717, 1.165) is 33.3 Å². The first-order valence-electron chi connectivity index (χ1n) is 8.49. The first-order valence-corrected chi connectivity index (χ1v) is 9.72. The third-order valence-corrected chi connectivity index (χ3v) is 5.88. The SMILES string of the molecule is COc1ccc(/C=C2/SC(=S)N(c3ccccc3C)C2=O)c2ccccc12. The number of carbonyl (C=O) groups excluding carboxylic acids is 1. The zero-order valence-electron chi connectivity index (χ0n) is 14.9. The lowest BCUT2D eigenvalue weighted by molar-refractivity contribution is -0.113. The first-order chi connectivity index (χ1) is 13.1. The maximum absolute atomic E-state index is 13.1. The number of aryl methyl sites for hydroxylation is 1. The van der Waals surface area contributed by atoms with E-state index in [1.165, 1.54) is 11.8 Å². The molecule has 0 saturated carbocycles. The molecule has 0 aliphatic carbocycles. The lowest BCUT2D eigenvalue weighted by atomic mass is 10.0. The Morgan fingerprint density at radius 3 is 2.44 bits per heavy atom. The number of nitrogens with zero attached hydrogens (tertiary/aromatic N) is 1. The fourth-order valence-electron chi connectivity index (χ4n) is 3.23. The second-order valence-corrected chi connectivity index (χ2v) is 7.88. The van der Waals surface area contributed by atoms with Crippen LogP contribution in [0.3, 0.4) is 0 Å². The molecule has 1 heterocycles. The zero-order chi connectivity index (χ0) is 19.0. The summed E-state index contributed by atoms with van der Waals surface area (Å²) >= 11 is 6.83. The van der Waals surface area contributed by atoms with Crippen LogP contribution in [0.5, 0.6) is 5.75 Å². The number of fused-ring (bicyclic) bond motifs is 1. The molecule has 3 aromatic rings. The van der Waals surface area contributed by atoms with E-state index in [2.05, 4.69) is 0 Å². The normalized spacial score (nSPS) is 15.8. The van der Waals surface area contributed by atoms with Crippen LogP contribution in [0.1, 0.15) is 11.1 Å². The molecule has 0 bridgehead atoms. The maximum Gasteiger partial charge on any atom is 0.270 e. The summed E-state index contributed by atoms with van der Waals surface area (Å²) in [6.45, 7) is 1.98. The average molecular weight is 392 g/mol. The minimum absolute atomic E-state index is 0.0841. The molecule has 0 aromatic heterocycles. The minimum Gasteiger partial charge on any atom is -0.496 e. The van der Waals surface area contributed by atoms with Gasteiger partial charge in [-0.25, -0.2) is 0 Å². The highest BCUT2D eigenvalue weighted by molar-refractivity contribution is 8.27. The lowest BCUT2D eigenvalue weighted by Crippen LogP contribution is -2.28. The minimum atomic E-state index is -0.0841. The van der Waals surface area contributed by atoms with E-state index >= 15 is 0 Å². The number of thiocarbonyl (C=S) groups is 1. The Hall–Kier alpha value is -2.63. The van der Waals surface area contributed by atoms with Crippen LogP contribution in [-0.2, 0) is 4.79 Å². The van der Waals surface area contributed by atoms with E-state index in [1.807, 2.05) is 73.7 Å². The molecule has 0 unspecified atom stereocenters. The largest absolute Gasteiger partial charge is 0.496 e. The Morgan fingerprint density at radius 1 is 1.00 bits per heavy atom. The summed E-state index contributed by atoms with van der Waals surface area (Å²) in [5.41, 5.74) is 2.82. The number of hydrogen-bond donors (Lipinski definition) is 0. The van der Waals surface area contributed by atoms with Crippen molar-refractivity contribution in [1.29, 1.82) is 0 Å². The smallest absolute Gasteiger partial charge is 0.270 e. The van der Waals surface area contributed by atoms with Gasteiger partial charge in [0.05, 0.1) is 17.7 Å². The van der Waals surface area contributed by atoms with Crippen LogP contribution < -0.4 is 9.64 Å². The molecule has 3 nitrogen and oxygen atoms in total. The second kappa shape index (κ2) is 7.18. The summed E-state index contributed by atoms with van der Waals surface area (Å²) < 4.78 is 6.01. The summed E-state index contributed by atoms with van der Waals surface area (Å²) in [5.74, 6) is 0.731. The van der Waals surface area contributed by atoms with Gasteiger partial charge >= 0.3 is 0 Å². The predicted octanol–water partition coefficient (Wildman–Crippen LogP) is 5.56. The molecule has 0 radical (unpaired) electrons. The van der Waals surface area contributed by atoms with Gasteiger partial charge in [-0.1, -0.05) is 72.5 Å². The number of thioether (sulfide) groups is 1. The van der Waals surface area contributed by atoms with Gasteiger partial charge in [0, 0.05) is 5.39 Å². The number of hydrogen-bond acceptors (Lipinski definition) is 4. The standard InChI is InChI=1S/C22H17NO2S2/c1-14-7-3-6-10-18(14)23-21(24)20(27-22(23)26)13-15-11-12-19(25-2)17-9-5-4-8-16(15)17/h3-13H,1-2H3/b20-13+. The highest BCUT2D eigenvalue weighted by atomic mass is 32.2. The van der Waals surface area contributed by atoms with Crippen LogP contribution in [0, 0.1) is 6.92 Å². The molecule has 0 spiro atoms. The molecular formula is C22H17NO2S2. The molecule has 1 saturated heterocycles. The first kappa shape index (κ1) is 17.8. The number of ether oxygens (including phenoxy) is 1. The molecule has 1 aliphatic rings. The van der Waals surface area contributed by atoms with Crippen LogP contribution in [-0.4, -0.2) is 17.3 Å². The van der Waals surface area contributed by atoms with Crippen LogP contribution in [0.15, 0.2) is 65.6 Å². The number of carbonyl (C=O) groups is 1. The average Bonchev–Trinajstić information content (AvgIpc) is 2.96. The van der Waals surface area contributed by atoms with Crippen molar-refractivity contribution in [3.63, 3.8) is 0 Å². The van der Waals surface area contributed by atoms with Crippen molar-refractivity contribution in [2.75, 3.05) is 12.0 Å². The van der Waals surface area contributed by atoms with Gasteiger partial charge in [0.2, 0.25) is 0 Å². The lowest BCUT2D eigenvalue weighted by Gasteiger charge is -2.16. The number of para-hydroxylation sites is 1. The van der Waals surface area contributed by atoms with E-state index < -0.39 is 0 Å². The maximum atomic E-state index is 13.1. The van der Waals surface area contributed by atoms with Crippen molar-refractivity contribution in [2.24, 2.45) is 0 Å². The summed E-state index contributed by atoms with van der Waals surface area (Å²) in [5, 5.41) is 2.06. The Balaban J connectivity index is 1.78. The molecule has 0 atom stereocenters. The van der Waals surface area contributed by atoms with Crippen molar-refractivity contribution < 1.29 is 9.53 Å². The van der Waals surface area contributed by atoms with E-state index in [0.29, 0.717) is 9.23 Å². The van der Waals surface area contributed by atoms with Gasteiger partial charge in [0.15, 0.2) is 4.32 Å². The summed E-state index contributed by atoms with van der Waals surface area (Å²) in [6.07, 6.45) is 1.92. The van der Waals surface area contributed by atoms with Crippen LogP contribution in [0.25, 0.3) is 16.8 Å². The third kappa shape index (κ3) is 3.13. The van der Waals surface area contributed by atoms with Gasteiger partial charge in [0.25, 0.3) is 5.91 Å². The monoisotopic (exact) mass is 391 g/mol. The van der Waals surface area contributed by atoms with Gasteiger partial charge in [0.1, 0.15) is 5.75 Å². The van der Waals surface area contributed by atoms with Gasteiger partial charge in [-0.3, -0.25) is 9.69 Å². The van der Waals surface area contributed by atoms with Crippen molar-refractivity contribution in [1.82, 2.24) is 0 Å². The summed E-state index contributed by atoms with van der Waals surface area (Å²) in [4.78, 5) is 15.3. The van der Waals surface area contributed by atoms with Gasteiger partial charge < -0.3 is 4.74 Å². The molecule has 4 rings (SSSR count). The zero-order valence-corrected chi connectivity index (χ0v) is 16.6. The Labute approximate surface area is 167 Å². The molecule has 1 aliphatic heterocycles. The molecule has 27 heavy (non-hydrogen) atoms. The molecule has 1 amide bonds. The van der Waals surface area contributed by atoms with Gasteiger partial charge in [-0.15, -0.1) is 0 Å². The molecular weight excluding hydrogens is 374 g/mol. The highest BCUT2D eigenvalue weighted by Gasteiger charge is 2.34. The van der Waals surface area contributed by atoms with Crippen molar-refractivity contribution >= 4 is 56.7 Å². The number of rotatable bonds is 3. The topological polar surface area (TPSA) is 29.5 Å². The fourth-order valence-corrected chi connectivity index (χ4v) is 4.51. The Kier molecular flexibility index (Phi) is 4.72. The van der Waals surface area contributed by atoms with Gasteiger partial charge in [-0.2, -0.15) is 0 Å². The van der Waals surface area contributed by atoms with E-state index in [4.69, 9.17) is 17.0 Å². The summed E-state index contributed by atoms with van der Waals surface area (Å²) in [7, 11) is 1.66. The van der Waals surface area contributed by atoms with Crippen molar-refractivity contribution in [3.05, 3.63) is 76.7 Å².